The first kappa shape index (κ1) is 21.7. The van der Waals surface area contributed by atoms with Crippen LogP contribution in [0.15, 0.2) is 12.3 Å². The van der Waals surface area contributed by atoms with Crippen molar-refractivity contribution in [2.75, 3.05) is 18.8 Å². The summed E-state index contributed by atoms with van der Waals surface area (Å²) >= 11 is 0. The Hall–Kier alpha value is -2.97. The zero-order valence-electron chi connectivity index (χ0n) is 18.2. The first-order valence-electron chi connectivity index (χ1n) is 10.4. The average molecular weight is 414 g/mol. The van der Waals surface area contributed by atoms with E-state index in [1.54, 1.807) is 26.2 Å². The van der Waals surface area contributed by atoms with Crippen molar-refractivity contribution >= 4 is 17.6 Å². The minimum Gasteiger partial charge on any atom is -0.383 e. The summed E-state index contributed by atoms with van der Waals surface area (Å²) in [5.41, 5.74) is 8.49. The Balaban J connectivity index is 1.47. The molecule has 0 spiro atoms. The number of carbonyl (C=O) groups is 2. The Morgan fingerprint density at radius 1 is 1.27 bits per heavy atom. The molecule has 2 aromatic rings. The number of amides is 2. The smallest absolute Gasteiger partial charge is 0.270 e. The molecule has 3 rings (SSSR count). The number of nitrogens with zero attached hydrogens (tertiary/aromatic N) is 5. The number of piperidine rings is 1. The highest BCUT2D eigenvalue weighted by Gasteiger charge is 2.27. The minimum absolute atomic E-state index is 0.0454. The standard InChI is InChI=1S/C21H31N7O2/c1-13-17(19(22)26-15(3)24-13)6-5-16-8-11-28(12-9-16)21(30)14(2)25-20(29)18-7-10-23-27(18)4/h7,10,14,16H,5-6,8-9,11-12H2,1-4H3,(H,25,29)(H2,22,24,26). The third kappa shape index (κ3) is 4.95. The molecule has 9 nitrogen and oxygen atoms in total. The molecule has 9 heteroatoms. The first-order valence-corrected chi connectivity index (χ1v) is 10.4. The van der Waals surface area contributed by atoms with Gasteiger partial charge in [0.25, 0.3) is 5.91 Å². The summed E-state index contributed by atoms with van der Waals surface area (Å²) in [6, 6.07) is 1.06. The third-order valence-electron chi connectivity index (χ3n) is 5.86. The Bertz CT molecular complexity index is 893. The number of anilines is 1. The third-order valence-corrected chi connectivity index (χ3v) is 5.86. The number of hydrogen-bond acceptors (Lipinski definition) is 6. The normalized spacial score (nSPS) is 15.8. The number of aryl methyl sites for hydroxylation is 3. The molecule has 0 bridgehead atoms. The number of nitrogens with two attached hydrogens (primary N) is 1. The van der Waals surface area contributed by atoms with Crippen LogP contribution in [-0.2, 0) is 18.3 Å². The van der Waals surface area contributed by atoms with Gasteiger partial charge in [-0.1, -0.05) is 0 Å². The molecule has 2 amide bonds. The molecule has 162 valence electrons. The molecule has 1 atom stereocenters. The molecule has 0 saturated carbocycles. The molecule has 2 aromatic heterocycles. The van der Waals surface area contributed by atoms with Crippen LogP contribution in [-0.4, -0.2) is 55.6 Å². The van der Waals surface area contributed by atoms with E-state index in [4.69, 9.17) is 5.73 Å². The molecule has 1 aliphatic heterocycles. The highest BCUT2D eigenvalue weighted by Crippen LogP contribution is 2.25. The van der Waals surface area contributed by atoms with Crippen molar-refractivity contribution in [2.45, 2.75) is 52.5 Å². The van der Waals surface area contributed by atoms with Gasteiger partial charge < -0.3 is 16.0 Å². The predicted octanol–water partition coefficient (Wildman–Crippen LogP) is 1.40. The quantitative estimate of drug-likeness (QED) is 0.739. The lowest BCUT2D eigenvalue weighted by Gasteiger charge is -2.33. The fourth-order valence-corrected chi connectivity index (χ4v) is 4.06. The number of hydrogen-bond donors (Lipinski definition) is 2. The molecule has 0 aliphatic carbocycles. The van der Waals surface area contributed by atoms with Crippen LogP contribution in [0.3, 0.4) is 0 Å². The van der Waals surface area contributed by atoms with E-state index in [0.717, 1.165) is 36.9 Å². The maximum Gasteiger partial charge on any atom is 0.270 e. The zero-order chi connectivity index (χ0) is 21.8. The zero-order valence-corrected chi connectivity index (χ0v) is 18.2. The van der Waals surface area contributed by atoms with Crippen molar-refractivity contribution in [3.05, 3.63) is 35.0 Å². The summed E-state index contributed by atoms with van der Waals surface area (Å²) in [4.78, 5) is 35.6. The Morgan fingerprint density at radius 3 is 2.57 bits per heavy atom. The second-order valence-electron chi connectivity index (χ2n) is 8.06. The fourth-order valence-electron chi connectivity index (χ4n) is 4.06. The van der Waals surface area contributed by atoms with E-state index in [-0.39, 0.29) is 11.8 Å². The number of aromatic nitrogens is 4. The Morgan fingerprint density at radius 2 is 1.97 bits per heavy atom. The van der Waals surface area contributed by atoms with Gasteiger partial charge in [-0.25, -0.2) is 9.97 Å². The largest absolute Gasteiger partial charge is 0.383 e. The van der Waals surface area contributed by atoms with Crippen molar-refractivity contribution in [1.82, 2.24) is 30.0 Å². The highest BCUT2D eigenvalue weighted by molar-refractivity contribution is 5.96. The molecule has 30 heavy (non-hydrogen) atoms. The first-order chi connectivity index (χ1) is 14.3. The summed E-state index contributed by atoms with van der Waals surface area (Å²) in [5.74, 6) is 1.47. The molecule has 3 N–H and O–H groups in total. The van der Waals surface area contributed by atoms with Gasteiger partial charge in [-0.3, -0.25) is 14.3 Å². The monoisotopic (exact) mass is 413 g/mol. The topological polar surface area (TPSA) is 119 Å². The van der Waals surface area contributed by atoms with E-state index in [1.165, 1.54) is 4.68 Å². The van der Waals surface area contributed by atoms with Crippen molar-refractivity contribution < 1.29 is 9.59 Å². The summed E-state index contributed by atoms with van der Waals surface area (Å²) in [5, 5.41) is 6.76. The van der Waals surface area contributed by atoms with E-state index < -0.39 is 6.04 Å². The number of nitrogens with one attached hydrogen (secondary N) is 1. The predicted molar refractivity (Wildman–Crippen MR) is 114 cm³/mol. The maximum absolute atomic E-state index is 12.8. The molecule has 1 aliphatic rings. The molecule has 0 aromatic carbocycles. The van der Waals surface area contributed by atoms with Gasteiger partial charge in [-0.15, -0.1) is 0 Å². The Kier molecular flexibility index (Phi) is 6.69. The van der Waals surface area contributed by atoms with Gasteiger partial charge in [0, 0.05) is 37.6 Å². The van der Waals surface area contributed by atoms with Crippen LogP contribution in [0.25, 0.3) is 0 Å². The van der Waals surface area contributed by atoms with Crippen LogP contribution in [0.2, 0.25) is 0 Å². The van der Waals surface area contributed by atoms with Crippen molar-refractivity contribution in [3.8, 4) is 0 Å². The lowest BCUT2D eigenvalue weighted by Crippen LogP contribution is -2.49. The minimum atomic E-state index is -0.573. The molecule has 0 radical (unpaired) electrons. The van der Waals surface area contributed by atoms with Crippen LogP contribution >= 0.6 is 0 Å². The van der Waals surface area contributed by atoms with Gasteiger partial charge in [-0.2, -0.15) is 5.10 Å². The van der Waals surface area contributed by atoms with E-state index in [2.05, 4.69) is 20.4 Å². The molecular weight excluding hydrogens is 382 g/mol. The Labute approximate surface area is 177 Å². The SMILES string of the molecule is Cc1nc(C)c(CCC2CCN(C(=O)C(C)NC(=O)c3ccnn3C)CC2)c(N)n1. The van der Waals surface area contributed by atoms with Crippen LogP contribution in [0, 0.1) is 19.8 Å². The average Bonchev–Trinajstić information content (AvgIpc) is 3.13. The maximum atomic E-state index is 12.8. The number of likely N-dealkylation sites (tertiary alicyclic amines) is 1. The summed E-state index contributed by atoms with van der Waals surface area (Å²) in [6.45, 7) is 6.96. The van der Waals surface area contributed by atoms with E-state index in [1.807, 2.05) is 18.7 Å². The lowest BCUT2D eigenvalue weighted by molar-refractivity contribution is -0.134. The van der Waals surface area contributed by atoms with Gasteiger partial charge in [0.1, 0.15) is 23.4 Å². The van der Waals surface area contributed by atoms with Gasteiger partial charge in [0.15, 0.2) is 0 Å². The van der Waals surface area contributed by atoms with Crippen LogP contribution in [0.1, 0.15) is 53.8 Å². The van der Waals surface area contributed by atoms with E-state index >= 15 is 0 Å². The van der Waals surface area contributed by atoms with Gasteiger partial charge in [0.2, 0.25) is 5.91 Å². The van der Waals surface area contributed by atoms with Gasteiger partial charge in [0.05, 0.1) is 0 Å². The summed E-state index contributed by atoms with van der Waals surface area (Å²) < 4.78 is 1.49. The molecule has 1 saturated heterocycles. The van der Waals surface area contributed by atoms with Gasteiger partial charge in [-0.05, 0) is 58.4 Å². The van der Waals surface area contributed by atoms with Crippen LogP contribution in [0.4, 0.5) is 5.82 Å². The molecule has 3 heterocycles. The number of carbonyl (C=O) groups excluding carboxylic acids is 2. The van der Waals surface area contributed by atoms with Crippen molar-refractivity contribution in [2.24, 2.45) is 13.0 Å². The second-order valence-corrected chi connectivity index (χ2v) is 8.06. The van der Waals surface area contributed by atoms with Crippen molar-refractivity contribution in [1.29, 1.82) is 0 Å². The fraction of sp³-hybridized carbons (Fsp3) is 0.571. The van der Waals surface area contributed by atoms with Crippen LogP contribution < -0.4 is 11.1 Å². The van der Waals surface area contributed by atoms with Crippen molar-refractivity contribution in [3.63, 3.8) is 0 Å². The lowest BCUT2D eigenvalue weighted by atomic mass is 9.90. The molecule has 1 fully saturated rings. The van der Waals surface area contributed by atoms with E-state index in [0.29, 0.717) is 36.3 Å². The van der Waals surface area contributed by atoms with E-state index in [9.17, 15) is 9.59 Å². The molecular formula is C21H31N7O2. The number of rotatable bonds is 6. The summed E-state index contributed by atoms with van der Waals surface area (Å²) in [6.07, 6.45) is 5.31. The number of nitrogen functional groups attached to an aromatic ring is 1. The van der Waals surface area contributed by atoms with Gasteiger partial charge >= 0.3 is 0 Å². The highest BCUT2D eigenvalue weighted by atomic mass is 16.2. The van der Waals surface area contributed by atoms with Crippen LogP contribution in [0.5, 0.6) is 0 Å². The molecule has 1 unspecified atom stereocenters. The summed E-state index contributed by atoms with van der Waals surface area (Å²) in [7, 11) is 1.70. The second kappa shape index (κ2) is 9.23.